The highest BCUT2D eigenvalue weighted by molar-refractivity contribution is 6.14. The van der Waals surface area contributed by atoms with Crippen molar-refractivity contribution in [1.82, 2.24) is 14.8 Å². The van der Waals surface area contributed by atoms with E-state index < -0.39 is 0 Å². The van der Waals surface area contributed by atoms with Gasteiger partial charge in [0.25, 0.3) is 0 Å². The molecule has 1 fully saturated rings. The smallest absolute Gasteiger partial charge is 0.167 e. The molecule has 1 saturated heterocycles. The van der Waals surface area contributed by atoms with E-state index in [1.807, 2.05) is 0 Å². The normalized spacial score (nSPS) is 25.7. The molecule has 5 aliphatic carbocycles. The van der Waals surface area contributed by atoms with E-state index in [4.69, 9.17) is 9.98 Å². The maximum Gasteiger partial charge on any atom is 0.167 e. The molecule has 0 saturated carbocycles. The number of rotatable bonds is 5. The maximum absolute atomic E-state index is 5.72. The summed E-state index contributed by atoms with van der Waals surface area (Å²) in [6, 6.07) is 43.3. The van der Waals surface area contributed by atoms with Gasteiger partial charge in [-0.2, -0.15) is 0 Å². The summed E-state index contributed by atoms with van der Waals surface area (Å²) in [6.07, 6.45) is 28.3. The van der Waals surface area contributed by atoms with Crippen molar-refractivity contribution in [2.75, 3.05) is 0 Å². The van der Waals surface area contributed by atoms with Crippen molar-refractivity contribution in [2.24, 2.45) is 21.8 Å². The van der Waals surface area contributed by atoms with Crippen LogP contribution in [0.3, 0.4) is 0 Å². The van der Waals surface area contributed by atoms with Gasteiger partial charge < -0.3 is 14.8 Å². The fourth-order valence-electron chi connectivity index (χ4n) is 12.2. The number of nitrogens with one attached hydrogen (secondary N) is 1. The van der Waals surface area contributed by atoms with Crippen molar-refractivity contribution in [3.8, 4) is 0 Å². The molecule has 302 valence electrons. The van der Waals surface area contributed by atoms with Crippen LogP contribution in [0.15, 0.2) is 179 Å². The predicted octanol–water partition coefficient (Wildman–Crippen LogP) is 12.5. The van der Waals surface area contributed by atoms with Gasteiger partial charge in [-0.15, -0.1) is 0 Å². The lowest BCUT2D eigenvalue weighted by Crippen LogP contribution is -2.42. The zero-order chi connectivity index (χ0) is 40.7. The highest BCUT2D eigenvalue weighted by Gasteiger charge is 2.52. The number of fused-ring (bicyclic) bond motifs is 9. The summed E-state index contributed by atoms with van der Waals surface area (Å²) < 4.78 is 2.70. The van der Waals surface area contributed by atoms with Crippen molar-refractivity contribution >= 4 is 51.7 Å². The first-order valence-electron chi connectivity index (χ1n) is 22.9. The van der Waals surface area contributed by atoms with Crippen molar-refractivity contribution in [2.45, 2.75) is 69.1 Å². The van der Waals surface area contributed by atoms with Crippen molar-refractivity contribution < 1.29 is 0 Å². The van der Waals surface area contributed by atoms with Gasteiger partial charge in [0.15, 0.2) is 6.17 Å². The SMILES string of the molecule is C1=CC(N2C3=Cc4ccccc4C(n4c5ccccc5c5ccccc54)C3C3C=CCCC32)=C(C2N=C(c3cccc4c3CCC=C4)NC(C3CC=Cc4ccccc43)=N2)CC1. The molecule has 6 aromatic rings. The number of likely N-dealkylation sites (tertiary alicyclic amines) is 1. The van der Waals surface area contributed by atoms with E-state index >= 15 is 0 Å². The number of aliphatic imine (C=N–C) groups is 2. The van der Waals surface area contributed by atoms with Crippen molar-refractivity contribution in [3.05, 3.63) is 208 Å². The summed E-state index contributed by atoms with van der Waals surface area (Å²) in [6.45, 7) is 0. The highest BCUT2D eigenvalue weighted by Crippen LogP contribution is 2.57. The van der Waals surface area contributed by atoms with Gasteiger partial charge in [-0.3, -0.25) is 0 Å². The number of allylic oxidation sites excluding steroid dienone is 6. The third kappa shape index (κ3) is 5.53. The number of amidine groups is 2. The Morgan fingerprint density at radius 3 is 2.21 bits per heavy atom. The van der Waals surface area contributed by atoms with Crippen LogP contribution < -0.4 is 5.32 Å². The van der Waals surface area contributed by atoms with Gasteiger partial charge in [-0.25, -0.2) is 9.98 Å². The molecular weight excluding hydrogens is 755 g/mol. The Kier molecular flexibility index (Phi) is 8.38. The minimum Gasteiger partial charge on any atom is -0.341 e. The zero-order valence-electron chi connectivity index (χ0n) is 34.9. The van der Waals surface area contributed by atoms with Crippen molar-refractivity contribution in [1.29, 1.82) is 0 Å². The number of nitrogens with zero attached hydrogens (tertiary/aromatic N) is 4. The number of aromatic nitrogens is 1. The average molecular weight is 804 g/mol. The first-order chi connectivity index (χ1) is 30.8. The third-order valence-electron chi connectivity index (χ3n) is 14.9. The summed E-state index contributed by atoms with van der Waals surface area (Å²) in [5, 5.41) is 6.54. The summed E-state index contributed by atoms with van der Waals surface area (Å²) in [4.78, 5) is 14.2. The van der Waals surface area contributed by atoms with E-state index in [2.05, 4.69) is 185 Å². The fraction of sp³-hybridized carbons (Fsp3) is 0.228. The van der Waals surface area contributed by atoms with Crippen LogP contribution >= 0.6 is 0 Å². The Bertz CT molecular complexity index is 3040. The molecule has 13 rings (SSSR count). The van der Waals surface area contributed by atoms with E-state index in [-0.39, 0.29) is 24.0 Å². The monoisotopic (exact) mass is 803 g/mol. The lowest BCUT2D eigenvalue weighted by Gasteiger charge is -2.38. The van der Waals surface area contributed by atoms with Gasteiger partial charge in [0.2, 0.25) is 0 Å². The molecule has 7 aliphatic rings. The topological polar surface area (TPSA) is 44.9 Å². The van der Waals surface area contributed by atoms with E-state index in [1.165, 1.54) is 77.7 Å². The molecule has 0 bridgehead atoms. The van der Waals surface area contributed by atoms with Gasteiger partial charge in [0.05, 0.1) is 6.04 Å². The molecule has 62 heavy (non-hydrogen) atoms. The number of para-hydroxylation sites is 2. The molecule has 6 unspecified atom stereocenters. The van der Waals surface area contributed by atoms with Gasteiger partial charge in [0.1, 0.15) is 11.7 Å². The van der Waals surface area contributed by atoms with Gasteiger partial charge in [-0.1, -0.05) is 146 Å². The number of benzene rings is 5. The molecule has 1 aromatic heterocycles. The van der Waals surface area contributed by atoms with Crippen LogP contribution in [0, 0.1) is 11.8 Å². The third-order valence-corrected chi connectivity index (χ3v) is 14.9. The van der Waals surface area contributed by atoms with E-state index in [9.17, 15) is 0 Å². The van der Waals surface area contributed by atoms with Crippen LogP contribution in [0.1, 0.15) is 89.4 Å². The van der Waals surface area contributed by atoms with Crippen LogP contribution in [0.2, 0.25) is 0 Å². The zero-order valence-corrected chi connectivity index (χ0v) is 34.9. The van der Waals surface area contributed by atoms with Crippen molar-refractivity contribution in [3.63, 3.8) is 0 Å². The second-order valence-electron chi connectivity index (χ2n) is 18.1. The van der Waals surface area contributed by atoms with Crippen LogP contribution in [-0.2, 0) is 6.42 Å². The number of hydrogen-bond donors (Lipinski definition) is 1. The Labute approximate surface area is 363 Å². The Morgan fingerprint density at radius 2 is 1.34 bits per heavy atom. The van der Waals surface area contributed by atoms with E-state index in [0.29, 0.717) is 12.0 Å². The average Bonchev–Trinajstić information content (AvgIpc) is 3.85. The maximum atomic E-state index is 5.72. The first kappa shape index (κ1) is 36.0. The lowest BCUT2D eigenvalue weighted by atomic mass is 9.74. The lowest BCUT2D eigenvalue weighted by molar-refractivity contribution is 0.291. The molecule has 5 aromatic carbocycles. The Hall–Kier alpha value is -6.72. The summed E-state index contributed by atoms with van der Waals surface area (Å²) in [5.41, 5.74) is 15.9. The molecule has 5 nitrogen and oxygen atoms in total. The first-order valence-corrected chi connectivity index (χ1v) is 22.9. The van der Waals surface area contributed by atoms with Crippen LogP contribution in [-0.4, -0.2) is 33.3 Å². The molecule has 0 amide bonds. The molecule has 0 radical (unpaired) electrons. The summed E-state index contributed by atoms with van der Waals surface area (Å²) in [5.74, 6) is 2.70. The Balaban J connectivity index is 1.01. The van der Waals surface area contributed by atoms with Crippen LogP contribution in [0.4, 0.5) is 0 Å². The molecule has 2 aliphatic heterocycles. The summed E-state index contributed by atoms with van der Waals surface area (Å²) >= 11 is 0. The molecule has 1 N–H and O–H groups in total. The van der Waals surface area contributed by atoms with Gasteiger partial charge in [-0.05, 0) is 108 Å². The molecular formula is C57H49N5. The largest absolute Gasteiger partial charge is 0.341 e. The molecule has 0 spiro atoms. The quantitative estimate of drug-likeness (QED) is 0.176. The minimum atomic E-state index is -0.338. The standard InChI is InChI=1S/C57H49N5/c1-4-22-39-36(17-1)20-15-29-44(39)55-58-56(45-30-16-21-37-18-2-5-23-40(37)45)60-57(59-55)47-28-10-14-34-51(47)61-50-33-13-9-27-46(50)53-52(61)35-38-19-3-6-24-41(38)54(53)62-48-31-11-7-25-42(48)43-26-8-12-32-49(43)62/h1-4,6-9,11-12,14-22,24-27,30-32,34-35,44,46,50,53-54,57H,5,10,13,23,28-29,33H2,(H,58,59,60). The van der Waals surface area contributed by atoms with E-state index in [0.717, 1.165) is 56.6 Å². The Morgan fingerprint density at radius 1 is 0.613 bits per heavy atom. The number of hydrogen-bond acceptors (Lipinski definition) is 4. The molecule has 3 heterocycles. The highest BCUT2D eigenvalue weighted by atomic mass is 15.3. The van der Waals surface area contributed by atoms with Gasteiger partial charge >= 0.3 is 0 Å². The van der Waals surface area contributed by atoms with Gasteiger partial charge in [0, 0.05) is 62.6 Å². The molecule has 6 atom stereocenters. The van der Waals surface area contributed by atoms with Crippen LogP contribution in [0.25, 0.3) is 40.0 Å². The van der Waals surface area contributed by atoms with Crippen LogP contribution in [0.5, 0.6) is 0 Å². The molecule has 5 heteroatoms. The fourth-order valence-corrected chi connectivity index (χ4v) is 12.2. The second kappa shape index (κ2) is 14.4. The second-order valence-corrected chi connectivity index (χ2v) is 18.1. The summed E-state index contributed by atoms with van der Waals surface area (Å²) in [7, 11) is 0. The predicted molar refractivity (Wildman–Crippen MR) is 256 cm³/mol. The van der Waals surface area contributed by atoms with E-state index in [1.54, 1.807) is 0 Å². The minimum absolute atomic E-state index is 0.124.